The van der Waals surface area contributed by atoms with E-state index in [1.807, 2.05) is 37.3 Å². The Balaban J connectivity index is 1.79. The van der Waals surface area contributed by atoms with Crippen molar-refractivity contribution in [2.24, 2.45) is 0 Å². The minimum Gasteiger partial charge on any atom is -0.493 e. The van der Waals surface area contributed by atoms with E-state index in [0.717, 1.165) is 30.1 Å². The van der Waals surface area contributed by atoms with Gasteiger partial charge >= 0.3 is 0 Å². The number of rotatable bonds is 4. The highest BCUT2D eigenvalue weighted by atomic mass is 16.5. The Labute approximate surface area is 135 Å². The fraction of sp³-hybridized carbons (Fsp3) is 0.278. The third-order valence-corrected chi connectivity index (χ3v) is 3.60. The predicted octanol–water partition coefficient (Wildman–Crippen LogP) is 2.82. The van der Waals surface area contributed by atoms with Gasteiger partial charge in [0.25, 0.3) is 5.91 Å². The summed E-state index contributed by atoms with van der Waals surface area (Å²) in [4.78, 5) is 12.5. The summed E-state index contributed by atoms with van der Waals surface area (Å²) in [5, 5.41) is 6.21. The highest BCUT2D eigenvalue weighted by Gasteiger charge is 2.14. The lowest BCUT2D eigenvalue weighted by atomic mass is 10.1. The molecule has 23 heavy (non-hydrogen) atoms. The SMILES string of the molecule is CCOc1ccccc1C(=O)Nc1ccc2c(c1)CNCCO2. The monoisotopic (exact) mass is 312 g/mol. The standard InChI is InChI=1S/C18H20N2O3/c1-2-22-17-6-4-3-5-15(17)18(21)20-14-7-8-16-13(11-14)12-19-9-10-23-16/h3-8,11,19H,2,9-10,12H2,1H3,(H,20,21). The van der Waals surface area contributed by atoms with E-state index < -0.39 is 0 Å². The molecule has 5 nitrogen and oxygen atoms in total. The van der Waals surface area contributed by atoms with Crippen LogP contribution in [0.3, 0.4) is 0 Å². The van der Waals surface area contributed by atoms with Gasteiger partial charge in [0.15, 0.2) is 0 Å². The van der Waals surface area contributed by atoms with E-state index in [0.29, 0.717) is 24.5 Å². The molecule has 0 fully saturated rings. The zero-order chi connectivity index (χ0) is 16.1. The highest BCUT2D eigenvalue weighted by molar-refractivity contribution is 6.06. The summed E-state index contributed by atoms with van der Waals surface area (Å²) in [5.74, 6) is 1.27. The first kappa shape index (κ1) is 15.4. The van der Waals surface area contributed by atoms with Crippen LogP contribution in [0.1, 0.15) is 22.8 Å². The molecule has 0 radical (unpaired) electrons. The molecule has 0 unspecified atom stereocenters. The average Bonchev–Trinajstić information content (AvgIpc) is 2.80. The van der Waals surface area contributed by atoms with Crippen molar-refractivity contribution in [2.75, 3.05) is 25.1 Å². The molecule has 120 valence electrons. The quantitative estimate of drug-likeness (QED) is 0.911. The molecule has 1 heterocycles. The van der Waals surface area contributed by atoms with Gasteiger partial charge in [0, 0.05) is 24.3 Å². The van der Waals surface area contributed by atoms with Crippen molar-refractivity contribution in [3.05, 3.63) is 53.6 Å². The zero-order valence-electron chi connectivity index (χ0n) is 13.1. The predicted molar refractivity (Wildman–Crippen MR) is 89.2 cm³/mol. The lowest BCUT2D eigenvalue weighted by Gasteiger charge is -2.12. The van der Waals surface area contributed by atoms with Gasteiger partial charge in [-0.25, -0.2) is 0 Å². The first-order valence-electron chi connectivity index (χ1n) is 7.77. The summed E-state index contributed by atoms with van der Waals surface area (Å²) in [6.45, 7) is 4.62. The van der Waals surface area contributed by atoms with Crippen LogP contribution in [-0.2, 0) is 6.54 Å². The number of fused-ring (bicyclic) bond motifs is 1. The van der Waals surface area contributed by atoms with Gasteiger partial charge < -0.3 is 20.1 Å². The molecule has 0 aromatic heterocycles. The molecule has 1 aliphatic rings. The van der Waals surface area contributed by atoms with E-state index in [2.05, 4.69) is 10.6 Å². The van der Waals surface area contributed by atoms with Crippen molar-refractivity contribution in [3.63, 3.8) is 0 Å². The largest absolute Gasteiger partial charge is 0.493 e. The fourth-order valence-corrected chi connectivity index (χ4v) is 2.53. The molecular formula is C18H20N2O3. The maximum Gasteiger partial charge on any atom is 0.259 e. The van der Waals surface area contributed by atoms with Crippen molar-refractivity contribution >= 4 is 11.6 Å². The molecule has 0 saturated carbocycles. The third-order valence-electron chi connectivity index (χ3n) is 3.60. The Bertz CT molecular complexity index is 700. The highest BCUT2D eigenvalue weighted by Crippen LogP contribution is 2.25. The summed E-state index contributed by atoms with van der Waals surface area (Å²) in [6.07, 6.45) is 0. The van der Waals surface area contributed by atoms with Crippen LogP contribution >= 0.6 is 0 Å². The lowest BCUT2D eigenvalue weighted by molar-refractivity contribution is 0.102. The summed E-state index contributed by atoms with van der Waals surface area (Å²) in [7, 11) is 0. The third kappa shape index (κ3) is 3.63. The number of anilines is 1. The van der Waals surface area contributed by atoms with E-state index in [1.165, 1.54) is 0 Å². The number of nitrogens with one attached hydrogen (secondary N) is 2. The van der Waals surface area contributed by atoms with Gasteiger partial charge in [0.1, 0.15) is 18.1 Å². The minimum absolute atomic E-state index is 0.184. The van der Waals surface area contributed by atoms with Crippen molar-refractivity contribution in [2.45, 2.75) is 13.5 Å². The number of benzene rings is 2. The molecule has 2 aromatic carbocycles. The van der Waals surface area contributed by atoms with Crippen LogP contribution in [0.4, 0.5) is 5.69 Å². The second-order valence-corrected chi connectivity index (χ2v) is 5.23. The average molecular weight is 312 g/mol. The van der Waals surface area contributed by atoms with Crippen molar-refractivity contribution < 1.29 is 14.3 Å². The van der Waals surface area contributed by atoms with Gasteiger partial charge in [-0.05, 0) is 37.3 Å². The number of amides is 1. The van der Waals surface area contributed by atoms with Crippen LogP contribution in [0.5, 0.6) is 11.5 Å². The summed E-state index contributed by atoms with van der Waals surface area (Å²) < 4.78 is 11.2. The minimum atomic E-state index is -0.184. The van der Waals surface area contributed by atoms with E-state index in [4.69, 9.17) is 9.47 Å². The first-order valence-corrected chi connectivity index (χ1v) is 7.77. The van der Waals surface area contributed by atoms with Gasteiger partial charge in [-0.3, -0.25) is 4.79 Å². The number of ether oxygens (including phenoxy) is 2. The van der Waals surface area contributed by atoms with Crippen molar-refractivity contribution in [3.8, 4) is 11.5 Å². The molecule has 1 amide bonds. The Morgan fingerprint density at radius 2 is 2.17 bits per heavy atom. The summed E-state index contributed by atoms with van der Waals surface area (Å²) in [5.41, 5.74) is 2.31. The van der Waals surface area contributed by atoms with Gasteiger partial charge in [-0.1, -0.05) is 12.1 Å². The number of para-hydroxylation sites is 1. The van der Waals surface area contributed by atoms with Gasteiger partial charge in [-0.15, -0.1) is 0 Å². The summed E-state index contributed by atoms with van der Waals surface area (Å²) >= 11 is 0. The molecule has 0 atom stereocenters. The smallest absolute Gasteiger partial charge is 0.259 e. The van der Waals surface area contributed by atoms with Crippen LogP contribution in [-0.4, -0.2) is 25.7 Å². The number of hydrogen-bond donors (Lipinski definition) is 2. The molecule has 0 saturated heterocycles. The number of hydrogen-bond acceptors (Lipinski definition) is 4. The lowest BCUT2D eigenvalue weighted by Crippen LogP contribution is -2.16. The Hall–Kier alpha value is -2.53. The molecule has 0 spiro atoms. The Morgan fingerprint density at radius 3 is 3.04 bits per heavy atom. The van der Waals surface area contributed by atoms with Crippen molar-refractivity contribution in [1.29, 1.82) is 0 Å². The molecular weight excluding hydrogens is 292 g/mol. The van der Waals surface area contributed by atoms with Crippen LogP contribution in [0.15, 0.2) is 42.5 Å². The number of carbonyl (C=O) groups is 1. The van der Waals surface area contributed by atoms with Crippen LogP contribution < -0.4 is 20.1 Å². The molecule has 5 heteroatoms. The van der Waals surface area contributed by atoms with Crippen molar-refractivity contribution in [1.82, 2.24) is 5.32 Å². The Kier molecular flexibility index (Phi) is 4.78. The molecule has 2 aromatic rings. The van der Waals surface area contributed by atoms with Gasteiger partial charge in [0.05, 0.1) is 12.2 Å². The molecule has 2 N–H and O–H groups in total. The molecule has 1 aliphatic heterocycles. The second-order valence-electron chi connectivity index (χ2n) is 5.23. The topological polar surface area (TPSA) is 59.6 Å². The molecule has 3 rings (SSSR count). The summed E-state index contributed by atoms with van der Waals surface area (Å²) in [6, 6.07) is 12.9. The normalized spacial score (nSPS) is 13.4. The maximum atomic E-state index is 12.5. The van der Waals surface area contributed by atoms with Crippen LogP contribution in [0, 0.1) is 0 Å². The molecule has 0 bridgehead atoms. The van der Waals surface area contributed by atoms with E-state index >= 15 is 0 Å². The second kappa shape index (κ2) is 7.15. The Morgan fingerprint density at radius 1 is 1.30 bits per heavy atom. The number of carbonyl (C=O) groups excluding carboxylic acids is 1. The van der Waals surface area contributed by atoms with E-state index in [9.17, 15) is 4.79 Å². The van der Waals surface area contributed by atoms with E-state index in [-0.39, 0.29) is 5.91 Å². The van der Waals surface area contributed by atoms with E-state index in [1.54, 1.807) is 12.1 Å². The van der Waals surface area contributed by atoms with Crippen LogP contribution in [0.25, 0.3) is 0 Å². The zero-order valence-corrected chi connectivity index (χ0v) is 13.1. The first-order chi connectivity index (χ1) is 11.3. The fourth-order valence-electron chi connectivity index (χ4n) is 2.53. The van der Waals surface area contributed by atoms with Crippen LogP contribution in [0.2, 0.25) is 0 Å². The molecule has 0 aliphatic carbocycles. The van der Waals surface area contributed by atoms with Gasteiger partial charge in [-0.2, -0.15) is 0 Å². The maximum absolute atomic E-state index is 12.5. The van der Waals surface area contributed by atoms with Gasteiger partial charge in [0.2, 0.25) is 0 Å².